The number of ketones is 1. The molecule has 176 valence electrons. The maximum atomic E-state index is 12.7. The molecule has 0 aliphatic carbocycles. The van der Waals surface area contributed by atoms with E-state index in [9.17, 15) is 14.4 Å². The molecule has 1 unspecified atom stereocenters. The predicted molar refractivity (Wildman–Crippen MR) is 127 cm³/mol. The molecule has 0 spiro atoms. The highest BCUT2D eigenvalue weighted by Gasteiger charge is 2.30. The second-order valence-electron chi connectivity index (χ2n) is 8.07. The molecule has 0 bridgehead atoms. The zero-order valence-corrected chi connectivity index (χ0v) is 19.6. The van der Waals surface area contributed by atoms with Crippen LogP contribution in [-0.4, -0.2) is 60.2 Å². The number of Topliss-reactive ketones (excluding diaryl/α,β-unsaturated/α-hetero) is 1. The molecule has 2 aromatic rings. The summed E-state index contributed by atoms with van der Waals surface area (Å²) in [6, 6.07) is 13.5. The fourth-order valence-electron chi connectivity index (χ4n) is 3.91. The molecule has 3 rings (SSSR count). The Balaban J connectivity index is 1.49. The second-order valence-corrected chi connectivity index (χ2v) is 8.51. The Labute approximate surface area is 199 Å². The molecule has 1 aliphatic rings. The van der Waals surface area contributed by atoms with Crippen LogP contribution >= 0.6 is 11.6 Å². The third-order valence-corrected chi connectivity index (χ3v) is 5.95. The monoisotopic (exact) mass is 471 g/mol. The number of carbonyl (C=O) groups is 3. The van der Waals surface area contributed by atoms with Crippen molar-refractivity contribution in [2.75, 3.05) is 32.8 Å². The molecule has 2 amide bonds. The second kappa shape index (κ2) is 11.8. The average Bonchev–Trinajstić information content (AvgIpc) is 2.83. The number of hydrogen-bond donors (Lipinski definition) is 1. The third-order valence-electron chi connectivity index (χ3n) is 5.70. The number of primary amides is 1. The van der Waals surface area contributed by atoms with Crippen LogP contribution in [0.15, 0.2) is 48.5 Å². The third kappa shape index (κ3) is 6.79. The smallest absolute Gasteiger partial charge is 0.239 e. The Bertz CT molecular complexity index is 955. The van der Waals surface area contributed by atoms with Crippen LogP contribution in [0.4, 0.5) is 0 Å². The van der Waals surface area contributed by atoms with E-state index in [1.165, 1.54) is 0 Å². The summed E-state index contributed by atoms with van der Waals surface area (Å²) in [7, 11) is 0. The highest BCUT2D eigenvalue weighted by molar-refractivity contribution is 6.30. The molecule has 0 radical (unpaired) electrons. The quantitative estimate of drug-likeness (QED) is 0.535. The fourth-order valence-corrected chi connectivity index (χ4v) is 4.04. The van der Waals surface area contributed by atoms with Crippen molar-refractivity contribution in [2.45, 2.75) is 32.2 Å². The summed E-state index contributed by atoms with van der Waals surface area (Å²) in [4.78, 5) is 40.9. The van der Waals surface area contributed by atoms with E-state index in [-0.39, 0.29) is 24.5 Å². The normalized spacial score (nSPS) is 15.2. The van der Waals surface area contributed by atoms with Crippen molar-refractivity contribution < 1.29 is 19.1 Å². The Morgan fingerprint density at radius 1 is 0.970 bits per heavy atom. The Kier molecular flexibility index (Phi) is 8.86. The van der Waals surface area contributed by atoms with Crippen LogP contribution in [0.25, 0.3) is 0 Å². The van der Waals surface area contributed by atoms with Gasteiger partial charge in [0.15, 0.2) is 5.78 Å². The van der Waals surface area contributed by atoms with Gasteiger partial charge >= 0.3 is 0 Å². The summed E-state index contributed by atoms with van der Waals surface area (Å²) in [5, 5.41) is 0.590. The maximum Gasteiger partial charge on any atom is 0.239 e. The van der Waals surface area contributed by atoms with Crippen LogP contribution in [0.3, 0.4) is 0 Å². The molecule has 1 saturated heterocycles. The molecular formula is C25H30ClN3O4. The summed E-state index contributed by atoms with van der Waals surface area (Å²) in [5.74, 6) is 0.164. The number of rotatable bonds is 10. The Hall–Kier alpha value is -2.90. The van der Waals surface area contributed by atoms with Gasteiger partial charge in [0.2, 0.25) is 11.8 Å². The summed E-state index contributed by atoms with van der Waals surface area (Å²) < 4.78 is 5.53. The first kappa shape index (κ1) is 24.7. The van der Waals surface area contributed by atoms with Crippen LogP contribution in [0.1, 0.15) is 48.1 Å². The zero-order chi connectivity index (χ0) is 23.8. The lowest BCUT2D eigenvalue weighted by molar-refractivity contribution is -0.134. The van der Waals surface area contributed by atoms with Gasteiger partial charge in [0.05, 0.1) is 6.61 Å². The topological polar surface area (TPSA) is 92.9 Å². The molecular weight excluding hydrogens is 442 g/mol. The van der Waals surface area contributed by atoms with Gasteiger partial charge in [0, 0.05) is 49.6 Å². The molecule has 0 aromatic heterocycles. The van der Waals surface area contributed by atoms with Gasteiger partial charge < -0.3 is 15.4 Å². The van der Waals surface area contributed by atoms with Gasteiger partial charge in [-0.15, -0.1) is 0 Å². The number of benzene rings is 2. The first-order chi connectivity index (χ1) is 15.9. The maximum absolute atomic E-state index is 12.7. The van der Waals surface area contributed by atoms with E-state index >= 15 is 0 Å². The first-order valence-electron chi connectivity index (χ1n) is 11.2. The first-order valence-corrected chi connectivity index (χ1v) is 11.6. The van der Waals surface area contributed by atoms with Gasteiger partial charge in [-0.25, -0.2) is 0 Å². The lowest BCUT2D eigenvalue weighted by Crippen LogP contribution is -2.51. The molecule has 1 aliphatic heterocycles. The minimum absolute atomic E-state index is 0.0620. The lowest BCUT2D eigenvalue weighted by Gasteiger charge is -2.38. The van der Waals surface area contributed by atoms with Crippen molar-refractivity contribution in [3.63, 3.8) is 0 Å². The van der Waals surface area contributed by atoms with Crippen LogP contribution in [0.5, 0.6) is 5.75 Å². The van der Waals surface area contributed by atoms with Crippen molar-refractivity contribution in [3.8, 4) is 5.75 Å². The number of amides is 2. The molecule has 0 saturated carbocycles. The predicted octanol–water partition coefficient (Wildman–Crippen LogP) is 3.46. The number of nitrogens with zero attached hydrogens (tertiary/aromatic N) is 2. The van der Waals surface area contributed by atoms with E-state index in [1.54, 1.807) is 53.4 Å². The standard InChI is InChI=1S/C25H30ClN3O4/c1-2-17-33-21-9-5-18(6-10-21)22(30)11-12-23(31)28-13-15-29(16-14-28)24(25(27)32)19-3-7-20(26)8-4-19/h3-10,24H,2,11-17H2,1H3,(H2,27,32). The van der Waals surface area contributed by atoms with Crippen molar-refractivity contribution in [2.24, 2.45) is 5.73 Å². The number of halogens is 1. The largest absolute Gasteiger partial charge is 0.494 e. The average molecular weight is 472 g/mol. The molecule has 7 nitrogen and oxygen atoms in total. The van der Waals surface area contributed by atoms with Gasteiger partial charge in [0.1, 0.15) is 11.8 Å². The number of hydrogen-bond acceptors (Lipinski definition) is 5. The SMILES string of the molecule is CCCOc1ccc(C(=O)CCC(=O)N2CCN(C(C(N)=O)c3ccc(Cl)cc3)CC2)cc1. The summed E-state index contributed by atoms with van der Waals surface area (Å²) in [5.41, 5.74) is 7.02. The van der Waals surface area contributed by atoms with Gasteiger partial charge in [-0.2, -0.15) is 0 Å². The lowest BCUT2D eigenvalue weighted by atomic mass is 10.0. The number of carbonyl (C=O) groups excluding carboxylic acids is 3. The van der Waals surface area contributed by atoms with Crippen molar-refractivity contribution >= 4 is 29.2 Å². The van der Waals surface area contributed by atoms with Gasteiger partial charge in [-0.3, -0.25) is 19.3 Å². The minimum Gasteiger partial charge on any atom is -0.494 e. The van der Waals surface area contributed by atoms with Crippen LogP contribution in [-0.2, 0) is 9.59 Å². The van der Waals surface area contributed by atoms with Crippen molar-refractivity contribution in [3.05, 3.63) is 64.7 Å². The number of nitrogens with two attached hydrogens (primary N) is 1. The highest BCUT2D eigenvalue weighted by Crippen LogP contribution is 2.24. The molecule has 2 N–H and O–H groups in total. The number of piperazine rings is 1. The summed E-state index contributed by atoms with van der Waals surface area (Å²) in [6.45, 7) is 4.67. The van der Waals surface area contributed by atoms with Crippen LogP contribution in [0, 0.1) is 0 Å². The highest BCUT2D eigenvalue weighted by atomic mass is 35.5. The molecule has 1 heterocycles. The van der Waals surface area contributed by atoms with E-state index in [4.69, 9.17) is 22.1 Å². The minimum atomic E-state index is -0.564. The van der Waals surface area contributed by atoms with Gasteiger partial charge in [0.25, 0.3) is 0 Å². The summed E-state index contributed by atoms with van der Waals surface area (Å²) in [6.07, 6.45) is 1.23. The summed E-state index contributed by atoms with van der Waals surface area (Å²) >= 11 is 5.95. The van der Waals surface area contributed by atoms with Crippen LogP contribution in [0.2, 0.25) is 5.02 Å². The number of ether oxygens (including phenoxy) is 1. The van der Waals surface area contributed by atoms with E-state index < -0.39 is 11.9 Å². The van der Waals surface area contributed by atoms with E-state index in [0.29, 0.717) is 43.4 Å². The Morgan fingerprint density at radius 3 is 2.18 bits per heavy atom. The molecule has 2 aromatic carbocycles. The molecule has 8 heteroatoms. The fraction of sp³-hybridized carbons (Fsp3) is 0.400. The van der Waals surface area contributed by atoms with Crippen LogP contribution < -0.4 is 10.5 Å². The Morgan fingerprint density at radius 2 is 1.61 bits per heavy atom. The molecule has 1 atom stereocenters. The molecule has 1 fully saturated rings. The van der Waals surface area contributed by atoms with Crippen molar-refractivity contribution in [1.29, 1.82) is 0 Å². The van der Waals surface area contributed by atoms with Crippen molar-refractivity contribution in [1.82, 2.24) is 9.80 Å². The van der Waals surface area contributed by atoms with Gasteiger partial charge in [-0.05, 0) is 48.4 Å². The van der Waals surface area contributed by atoms with E-state index in [2.05, 4.69) is 0 Å². The zero-order valence-electron chi connectivity index (χ0n) is 18.8. The van der Waals surface area contributed by atoms with E-state index in [0.717, 1.165) is 17.7 Å². The van der Waals surface area contributed by atoms with E-state index in [1.807, 2.05) is 11.8 Å². The molecule has 33 heavy (non-hydrogen) atoms. The van der Waals surface area contributed by atoms with Gasteiger partial charge in [-0.1, -0.05) is 30.7 Å².